The summed E-state index contributed by atoms with van der Waals surface area (Å²) in [5.41, 5.74) is 2.04. The molecule has 0 fully saturated rings. The smallest absolute Gasteiger partial charge is 0.178 e. The molecule has 0 saturated heterocycles. The van der Waals surface area contributed by atoms with Gasteiger partial charge in [0.15, 0.2) is 16.3 Å². The lowest BCUT2D eigenvalue weighted by Gasteiger charge is -2.18. The Kier molecular flexibility index (Phi) is 4.93. The first kappa shape index (κ1) is 15.9. The number of ether oxygens (including phenoxy) is 2. The average Bonchev–Trinajstić information content (AvgIpc) is 2.80. The van der Waals surface area contributed by atoms with E-state index < -0.39 is 0 Å². The Hall–Kier alpha value is -1.49. The van der Waals surface area contributed by atoms with E-state index in [9.17, 15) is 0 Å². The number of nitrogens with zero attached hydrogens (tertiary/aromatic N) is 1. The maximum Gasteiger partial charge on any atom is 0.178 e. The highest BCUT2D eigenvalue weighted by Crippen LogP contribution is 2.34. The number of H-pyrrole nitrogens is 1. The predicted molar refractivity (Wildman–Crippen MR) is 89.0 cm³/mol. The molecule has 1 aromatic carbocycles. The Morgan fingerprint density at radius 1 is 1.19 bits per heavy atom. The second-order valence-electron chi connectivity index (χ2n) is 5.62. The lowest BCUT2D eigenvalue weighted by atomic mass is 10.0. The summed E-state index contributed by atoms with van der Waals surface area (Å²) in [6.45, 7) is 6.71. The summed E-state index contributed by atoms with van der Waals surface area (Å²) in [7, 11) is 3.29. The van der Waals surface area contributed by atoms with E-state index in [2.05, 4.69) is 30.3 Å². The molecule has 0 aliphatic carbocycles. The fourth-order valence-electron chi connectivity index (χ4n) is 2.74. The Bertz CT molecular complexity index is 675. The van der Waals surface area contributed by atoms with Crippen LogP contribution in [0.25, 0.3) is 11.0 Å². The number of aromatic amines is 1. The van der Waals surface area contributed by atoms with Crippen molar-refractivity contribution >= 4 is 23.3 Å². The summed E-state index contributed by atoms with van der Waals surface area (Å²) in [6.07, 6.45) is 2.28. The van der Waals surface area contributed by atoms with Gasteiger partial charge < -0.3 is 19.0 Å². The Labute approximate surface area is 131 Å². The van der Waals surface area contributed by atoms with Gasteiger partial charge in [0.1, 0.15) is 0 Å². The molecule has 1 heterocycles. The third-order valence-electron chi connectivity index (χ3n) is 4.10. The van der Waals surface area contributed by atoms with Crippen molar-refractivity contribution in [1.29, 1.82) is 0 Å². The average molecular weight is 308 g/mol. The summed E-state index contributed by atoms with van der Waals surface area (Å²) in [4.78, 5) is 3.27. The zero-order valence-corrected chi connectivity index (χ0v) is 14.2. The Morgan fingerprint density at radius 3 is 2.38 bits per heavy atom. The van der Waals surface area contributed by atoms with Gasteiger partial charge in [-0.25, -0.2) is 0 Å². The molecule has 116 valence electrons. The Balaban J connectivity index is 2.53. The summed E-state index contributed by atoms with van der Waals surface area (Å²) in [5.74, 6) is 2.11. The minimum Gasteiger partial charge on any atom is -0.493 e. The van der Waals surface area contributed by atoms with Crippen LogP contribution in [0.5, 0.6) is 11.5 Å². The molecule has 0 spiro atoms. The molecule has 1 aromatic heterocycles. The van der Waals surface area contributed by atoms with Gasteiger partial charge in [-0.1, -0.05) is 20.3 Å². The first-order valence-electron chi connectivity index (χ1n) is 7.38. The molecule has 2 aromatic rings. The van der Waals surface area contributed by atoms with Gasteiger partial charge in [-0.05, 0) is 31.5 Å². The van der Waals surface area contributed by atoms with Crippen molar-refractivity contribution in [1.82, 2.24) is 9.55 Å². The quantitative estimate of drug-likeness (QED) is 0.785. The lowest BCUT2D eigenvalue weighted by Crippen LogP contribution is -2.09. The molecule has 0 aliphatic rings. The van der Waals surface area contributed by atoms with Crippen LogP contribution in [0, 0.1) is 10.7 Å². The highest BCUT2D eigenvalue weighted by atomic mass is 32.1. The van der Waals surface area contributed by atoms with Crippen molar-refractivity contribution in [2.24, 2.45) is 5.92 Å². The van der Waals surface area contributed by atoms with Crippen LogP contribution >= 0.6 is 12.2 Å². The predicted octanol–water partition coefficient (Wildman–Crippen LogP) is 4.71. The first-order chi connectivity index (χ1) is 10.0. The minimum atomic E-state index is 0.347. The fraction of sp³-hybridized carbons (Fsp3) is 0.562. The van der Waals surface area contributed by atoms with Crippen LogP contribution < -0.4 is 9.47 Å². The van der Waals surface area contributed by atoms with Crippen LogP contribution in [0.15, 0.2) is 12.1 Å². The zero-order chi connectivity index (χ0) is 15.6. The van der Waals surface area contributed by atoms with Gasteiger partial charge in [-0.15, -0.1) is 0 Å². The van der Waals surface area contributed by atoms with Crippen LogP contribution in [0.4, 0.5) is 0 Å². The van der Waals surface area contributed by atoms with Crippen LogP contribution in [0.2, 0.25) is 0 Å². The van der Waals surface area contributed by atoms with Crippen LogP contribution in [0.3, 0.4) is 0 Å². The molecule has 2 rings (SSSR count). The molecular weight excluding hydrogens is 284 g/mol. The van der Waals surface area contributed by atoms with Crippen molar-refractivity contribution < 1.29 is 9.47 Å². The lowest BCUT2D eigenvalue weighted by molar-refractivity contribution is 0.355. The third kappa shape index (κ3) is 3.07. The summed E-state index contributed by atoms with van der Waals surface area (Å²) in [6, 6.07) is 4.28. The van der Waals surface area contributed by atoms with Crippen molar-refractivity contribution in [3.05, 3.63) is 16.9 Å². The number of methoxy groups -OCH3 is 2. The van der Waals surface area contributed by atoms with Gasteiger partial charge in [0.05, 0.1) is 25.3 Å². The van der Waals surface area contributed by atoms with Crippen molar-refractivity contribution in [2.75, 3.05) is 14.2 Å². The summed E-state index contributed by atoms with van der Waals surface area (Å²) < 4.78 is 13.7. The number of fused-ring (bicyclic) bond motifs is 1. The van der Waals surface area contributed by atoms with E-state index in [-0.39, 0.29) is 0 Å². The topological polar surface area (TPSA) is 39.2 Å². The van der Waals surface area contributed by atoms with Gasteiger partial charge in [0, 0.05) is 18.2 Å². The van der Waals surface area contributed by atoms with E-state index in [0.29, 0.717) is 17.7 Å². The van der Waals surface area contributed by atoms with Crippen molar-refractivity contribution in [2.45, 2.75) is 39.7 Å². The summed E-state index contributed by atoms with van der Waals surface area (Å²) in [5, 5.41) is 0. The zero-order valence-electron chi connectivity index (χ0n) is 13.4. The molecule has 4 nitrogen and oxygen atoms in total. The van der Waals surface area contributed by atoms with Gasteiger partial charge >= 0.3 is 0 Å². The highest BCUT2D eigenvalue weighted by Gasteiger charge is 2.16. The van der Waals surface area contributed by atoms with Gasteiger partial charge in [-0.3, -0.25) is 0 Å². The van der Waals surface area contributed by atoms with E-state index in [1.807, 2.05) is 12.1 Å². The number of rotatable bonds is 6. The van der Waals surface area contributed by atoms with E-state index in [0.717, 1.165) is 28.0 Å². The molecule has 0 amide bonds. The van der Waals surface area contributed by atoms with Gasteiger partial charge in [0.2, 0.25) is 0 Å². The molecule has 2 unspecified atom stereocenters. The van der Waals surface area contributed by atoms with E-state index >= 15 is 0 Å². The van der Waals surface area contributed by atoms with Crippen LogP contribution in [0.1, 0.15) is 39.7 Å². The van der Waals surface area contributed by atoms with E-state index in [1.165, 1.54) is 6.42 Å². The SMILES string of the molecule is CCC(C)CC(C)n1c(=S)[nH]c2cc(OC)c(OC)cc21. The molecule has 0 saturated carbocycles. The molecular formula is C16H24N2O2S. The van der Waals surface area contributed by atoms with Gasteiger partial charge in [0.25, 0.3) is 0 Å². The third-order valence-corrected chi connectivity index (χ3v) is 4.40. The molecule has 0 aliphatic heterocycles. The van der Waals surface area contributed by atoms with Crippen molar-refractivity contribution in [3.63, 3.8) is 0 Å². The van der Waals surface area contributed by atoms with Crippen LogP contribution in [-0.4, -0.2) is 23.8 Å². The largest absolute Gasteiger partial charge is 0.493 e. The number of nitrogens with one attached hydrogen (secondary N) is 1. The van der Waals surface area contributed by atoms with Crippen LogP contribution in [-0.2, 0) is 0 Å². The molecule has 21 heavy (non-hydrogen) atoms. The number of hydrogen-bond acceptors (Lipinski definition) is 3. The van der Waals surface area contributed by atoms with Crippen molar-refractivity contribution in [3.8, 4) is 11.5 Å². The normalized spacial score (nSPS) is 14.1. The number of imidazole rings is 1. The van der Waals surface area contributed by atoms with Gasteiger partial charge in [-0.2, -0.15) is 0 Å². The molecule has 5 heteroatoms. The molecule has 0 radical (unpaired) electrons. The molecule has 2 atom stereocenters. The second-order valence-corrected chi connectivity index (χ2v) is 6.01. The number of aromatic nitrogens is 2. The number of benzene rings is 1. The number of hydrogen-bond donors (Lipinski definition) is 1. The summed E-state index contributed by atoms with van der Waals surface area (Å²) >= 11 is 5.50. The van der Waals surface area contributed by atoms with E-state index in [4.69, 9.17) is 21.7 Å². The molecule has 1 N–H and O–H groups in total. The van der Waals surface area contributed by atoms with E-state index in [1.54, 1.807) is 14.2 Å². The second kappa shape index (κ2) is 6.52. The standard InChI is InChI=1S/C16H24N2O2S/c1-6-10(2)7-11(3)18-13-9-15(20-5)14(19-4)8-12(13)17-16(18)21/h8-11H,6-7H2,1-5H3,(H,17,21). The minimum absolute atomic E-state index is 0.347. The maximum absolute atomic E-state index is 5.50. The molecule has 0 bridgehead atoms. The maximum atomic E-state index is 5.50. The monoisotopic (exact) mass is 308 g/mol. The highest BCUT2D eigenvalue weighted by molar-refractivity contribution is 7.71. The fourth-order valence-corrected chi connectivity index (χ4v) is 3.13. The first-order valence-corrected chi connectivity index (χ1v) is 7.78. The Morgan fingerprint density at radius 2 is 1.81 bits per heavy atom.